The Labute approximate surface area is 61.5 Å². The van der Waals surface area contributed by atoms with E-state index >= 15 is 0 Å². The van der Waals surface area contributed by atoms with E-state index in [1.54, 1.807) is 0 Å². The van der Waals surface area contributed by atoms with Crippen molar-refractivity contribution >= 4 is 0 Å². The summed E-state index contributed by atoms with van der Waals surface area (Å²) in [6.45, 7) is 1.93. The Morgan fingerprint density at radius 3 is 2.70 bits per heavy atom. The van der Waals surface area contributed by atoms with Crippen LogP contribution in [0.3, 0.4) is 0 Å². The highest BCUT2D eigenvalue weighted by Gasteiger charge is 2.26. The lowest BCUT2D eigenvalue weighted by Crippen LogP contribution is -2.07. The van der Waals surface area contributed by atoms with Crippen LogP contribution < -0.4 is 0 Å². The van der Waals surface area contributed by atoms with Crippen LogP contribution in [0.4, 0.5) is 0 Å². The predicted molar refractivity (Wildman–Crippen MR) is 38.1 cm³/mol. The molecule has 0 aliphatic heterocycles. The Morgan fingerprint density at radius 2 is 2.30 bits per heavy atom. The number of nitrogens with zero attached hydrogens (tertiary/aromatic N) is 1. The molecular formula is C8H13NO. The molecule has 1 rings (SSSR count). The van der Waals surface area contributed by atoms with Gasteiger partial charge < -0.3 is 5.11 Å². The van der Waals surface area contributed by atoms with E-state index in [0.29, 0.717) is 5.92 Å². The van der Waals surface area contributed by atoms with Crippen LogP contribution in [0.15, 0.2) is 0 Å². The van der Waals surface area contributed by atoms with Crippen LogP contribution in [-0.2, 0) is 0 Å². The molecule has 0 aromatic rings. The van der Waals surface area contributed by atoms with Crippen molar-refractivity contribution in [2.45, 2.75) is 32.3 Å². The number of rotatable bonds is 1. The van der Waals surface area contributed by atoms with Gasteiger partial charge in [0, 0.05) is 5.92 Å². The van der Waals surface area contributed by atoms with E-state index in [4.69, 9.17) is 10.4 Å². The van der Waals surface area contributed by atoms with Gasteiger partial charge in [-0.1, -0.05) is 0 Å². The summed E-state index contributed by atoms with van der Waals surface area (Å²) in [6, 6.07) is 2.22. The molecule has 2 nitrogen and oxygen atoms in total. The third-order valence-corrected chi connectivity index (χ3v) is 2.36. The van der Waals surface area contributed by atoms with Crippen LogP contribution in [0.25, 0.3) is 0 Å². The molecule has 0 spiro atoms. The zero-order valence-corrected chi connectivity index (χ0v) is 6.25. The van der Waals surface area contributed by atoms with Crippen molar-refractivity contribution in [3.63, 3.8) is 0 Å². The summed E-state index contributed by atoms with van der Waals surface area (Å²) in [5, 5.41) is 17.7. The van der Waals surface area contributed by atoms with Crippen molar-refractivity contribution in [3.05, 3.63) is 0 Å². The first-order valence-electron chi connectivity index (χ1n) is 3.81. The minimum atomic E-state index is -0.138. The van der Waals surface area contributed by atoms with Gasteiger partial charge in [0.25, 0.3) is 0 Å². The molecule has 2 heteroatoms. The second-order valence-electron chi connectivity index (χ2n) is 3.14. The molecule has 0 heterocycles. The highest BCUT2D eigenvalue weighted by molar-refractivity contribution is 4.89. The fourth-order valence-electron chi connectivity index (χ4n) is 1.55. The number of aliphatic hydroxyl groups excluding tert-OH is 1. The minimum absolute atomic E-state index is 0.122. The van der Waals surface area contributed by atoms with E-state index in [1.165, 1.54) is 0 Å². The van der Waals surface area contributed by atoms with Gasteiger partial charge in [0.1, 0.15) is 0 Å². The van der Waals surface area contributed by atoms with Crippen molar-refractivity contribution in [2.75, 3.05) is 0 Å². The van der Waals surface area contributed by atoms with Crippen LogP contribution >= 0.6 is 0 Å². The van der Waals surface area contributed by atoms with E-state index < -0.39 is 0 Å². The maximum Gasteiger partial charge on any atom is 0.0655 e. The summed E-state index contributed by atoms with van der Waals surface area (Å²) in [5.74, 6) is 0.567. The Hall–Kier alpha value is -0.550. The molecule has 1 saturated carbocycles. The average Bonchev–Trinajstić information content (AvgIpc) is 2.34. The molecule has 0 bridgehead atoms. The van der Waals surface area contributed by atoms with Crippen LogP contribution in [0, 0.1) is 23.2 Å². The van der Waals surface area contributed by atoms with E-state index in [1.807, 2.05) is 6.92 Å². The lowest BCUT2D eigenvalue weighted by molar-refractivity contribution is 0.175. The molecule has 1 aliphatic rings. The van der Waals surface area contributed by atoms with Crippen LogP contribution in [0.1, 0.15) is 26.2 Å². The second kappa shape index (κ2) is 3.03. The molecule has 3 unspecified atom stereocenters. The molecule has 0 amide bonds. The average molecular weight is 139 g/mol. The summed E-state index contributed by atoms with van der Waals surface area (Å²) in [7, 11) is 0. The highest BCUT2D eigenvalue weighted by Crippen LogP contribution is 2.30. The lowest BCUT2D eigenvalue weighted by Gasteiger charge is -2.09. The lowest BCUT2D eigenvalue weighted by atomic mass is 9.94. The Bertz CT molecular complexity index is 150. The van der Waals surface area contributed by atoms with E-state index in [0.717, 1.165) is 19.3 Å². The molecule has 0 aromatic heterocycles. The molecule has 0 saturated heterocycles. The van der Waals surface area contributed by atoms with E-state index in [9.17, 15) is 0 Å². The van der Waals surface area contributed by atoms with Gasteiger partial charge in [-0.3, -0.25) is 0 Å². The zero-order valence-electron chi connectivity index (χ0n) is 6.25. The highest BCUT2D eigenvalue weighted by atomic mass is 16.3. The van der Waals surface area contributed by atoms with Crippen LogP contribution in [0.5, 0.6) is 0 Å². The molecule has 1 aliphatic carbocycles. The van der Waals surface area contributed by atoms with Gasteiger partial charge in [-0.25, -0.2) is 0 Å². The molecule has 1 N–H and O–H groups in total. The molecule has 0 aromatic carbocycles. The van der Waals surface area contributed by atoms with Crippen molar-refractivity contribution < 1.29 is 5.11 Å². The monoisotopic (exact) mass is 139 g/mol. The first-order chi connectivity index (χ1) is 4.74. The third-order valence-electron chi connectivity index (χ3n) is 2.36. The number of aliphatic hydroxyl groups is 1. The van der Waals surface area contributed by atoms with Gasteiger partial charge in [0.2, 0.25) is 0 Å². The summed E-state index contributed by atoms with van der Waals surface area (Å²) < 4.78 is 0. The van der Waals surface area contributed by atoms with Crippen molar-refractivity contribution in [1.82, 2.24) is 0 Å². The van der Waals surface area contributed by atoms with Crippen molar-refractivity contribution in [3.8, 4) is 6.07 Å². The summed E-state index contributed by atoms with van der Waals surface area (Å²) in [6.07, 6.45) is 2.60. The van der Waals surface area contributed by atoms with Gasteiger partial charge >= 0.3 is 0 Å². The van der Waals surface area contributed by atoms with Gasteiger partial charge in [-0.15, -0.1) is 0 Å². The largest absolute Gasteiger partial charge is 0.393 e. The van der Waals surface area contributed by atoms with Gasteiger partial charge in [0.05, 0.1) is 12.2 Å². The molecule has 0 radical (unpaired) electrons. The summed E-state index contributed by atoms with van der Waals surface area (Å²) >= 11 is 0. The fourth-order valence-corrected chi connectivity index (χ4v) is 1.55. The number of nitriles is 1. The molecular weight excluding hydrogens is 126 g/mol. The quantitative estimate of drug-likeness (QED) is 0.595. The van der Waals surface area contributed by atoms with E-state index in [-0.39, 0.29) is 12.0 Å². The van der Waals surface area contributed by atoms with Gasteiger partial charge in [-0.2, -0.15) is 5.26 Å². The normalized spacial score (nSPS) is 35.3. The van der Waals surface area contributed by atoms with Crippen LogP contribution in [-0.4, -0.2) is 11.2 Å². The SMILES string of the molecule is CC(C#N)C1CCC(O)C1. The molecule has 10 heavy (non-hydrogen) atoms. The standard InChI is InChI=1S/C8H13NO/c1-6(5-9)7-2-3-8(10)4-7/h6-8,10H,2-4H2,1H3. The topological polar surface area (TPSA) is 44.0 Å². The first kappa shape index (κ1) is 7.56. The van der Waals surface area contributed by atoms with Gasteiger partial charge in [-0.05, 0) is 32.1 Å². The van der Waals surface area contributed by atoms with Gasteiger partial charge in [0.15, 0.2) is 0 Å². The number of hydrogen-bond acceptors (Lipinski definition) is 2. The summed E-state index contributed by atoms with van der Waals surface area (Å²) in [5.41, 5.74) is 0. The predicted octanol–water partition coefficient (Wildman–Crippen LogP) is 1.31. The number of hydrogen-bond donors (Lipinski definition) is 1. The first-order valence-corrected chi connectivity index (χ1v) is 3.81. The maximum atomic E-state index is 9.13. The van der Waals surface area contributed by atoms with Crippen LogP contribution in [0.2, 0.25) is 0 Å². The van der Waals surface area contributed by atoms with Crippen molar-refractivity contribution in [2.24, 2.45) is 11.8 Å². The summed E-state index contributed by atoms with van der Waals surface area (Å²) in [4.78, 5) is 0. The smallest absolute Gasteiger partial charge is 0.0655 e. The minimum Gasteiger partial charge on any atom is -0.393 e. The Balaban J connectivity index is 2.39. The van der Waals surface area contributed by atoms with Crippen molar-refractivity contribution in [1.29, 1.82) is 5.26 Å². The second-order valence-corrected chi connectivity index (χ2v) is 3.14. The zero-order chi connectivity index (χ0) is 7.56. The third kappa shape index (κ3) is 1.48. The molecule has 3 atom stereocenters. The Kier molecular flexibility index (Phi) is 2.29. The maximum absolute atomic E-state index is 9.13. The molecule has 56 valence electrons. The molecule has 1 fully saturated rings. The van der Waals surface area contributed by atoms with E-state index in [2.05, 4.69) is 6.07 Å². The Morgan fingerprint density at radius 1 is 1.60 bits per heavy atom. The fraction of sp³-hybridized carbons (Fsp3) is 0.875.